The highest BCUT2D eigenvalue weighted by Crippen LogP contribution is 2.33. The standard InChI is InChI=1S/C30H32N6O2/c1-2-28-32-17-21-35(28)25-9-4-3-8-24(25)29(37)33-23-14-12-22(13-15-23)30(38)36-19-7-18-34(20-16-31)26-10-5-6-11-27(26)36/h3-6,8-15,17,21H,2,7,16,18-20,31H2,1H3,(H,33,37). The van der Waals surface area contributed by atoms with Crippen LogP contribution in [0.25, 0.3) is 5.69 Å². The molecule has 5 rings (SSSR count). The quantitative estimate of drug-likeness (QED) is 0.383. The predicted molar refractivity (Wildman–Crippen MR) is 151 cm³/mol. The van der Waals surface area contributed by atoms with Crippen molar-refractivity contribution in [3.63, 3.8) is 0 Å². The summed E-state index contributed by atoms with van der Waals surface area (Å²) in [7, 11) is 0. The van der Waals surface area contributed by atoms with Crippen molar-refractivity contribution in [2.45, 2.75) is 19.8 Å². The number of nitrogens with two attached hydrogens (primary N) is 1. The summed E-state index contributed by atoms with van der Waals surface area (Å²) in [6, 6.07) is 22.5. The van der Waals surface area contributed by atoms with Crippen LogP contribution in [0.15, 0.2) is 85.2 Å². The molecule has 0 fully saturated rings. The van der Waals surface area contributed by atoms with Crippen LogP contribution in [0, 0.1) is 0 Å². The van der Waals surface area contributed by atoms with Crippen LogP contribution in [-0.4, -0.2) is 47.5 Å². The zero-order valence-electron chi connectivity index (χ0n) is 21.5. The van der Waals surface area contributed by atoms with Gasteiger partial charge in [0.25, 0.3) is 11.8 Å². The largest absolute Gasteiger partial charge is 0.369 e. The number of carbonyl (C=O) groups excluding carboxylic acids is 2. The highest BCUT2D eigenvalue weighted by Gasteiger charge is 2.25. The molecule has 2 amide bonds. The molecule has 4 aromatic rings. The highest BCUT2D eigenvalue weighted by molar-refractivity contribution is 6.09. The molecule has 1 aromatic heterocycles. The number of fused-ring (bicyclic) bond motifs is 1. The number of para-hydroxylation sites is 3. The first-order valence-corrected chi connectivity index (χ1v) is 13.0. The van der Waals surface area contributed by atoms with Crippen LogP contribution in [0.1, 0.15) is 39.9 Å². The van der Waals surface area contributed by atoms with Gasteiger partial charge in [0, 0.05) is 56.2 Å². The Morgan fingerprint density at radius 2 is 1.63 bits per heavy atom. The van der Waals surface area contributed by atoms with Gasteiger partial charge in [-0.25, -0.2) is 4.98 Å². The smallest absolute Gasteiger partial charge is 0.258 e. The molecule has 0 unspecified atom stereocenters. The van der Waals surface area contributed by atoms with Gasteiger partial charge in [0.05, 0.1) is 22.6 Å². The van der Waals surface area contributed by atoms with Crippen molar-refractivity contribution in [1.82, 2.24) is 9.55 Å². The summed E-state index contributed by atoms with van der Waals surface area (Å²) in [6.07, 6.45) is 5.21. The van der Waals surface area contributed by atoms with Crippen LogP contribution >= 0.6 is 0 Å². The third-order valence-electron chi connectivity index (χ3n) is 6.80. The van der Waals surface area contributed by atoms with Crippen LogP contribution in [0.2, 0.25) is 0 Å². The lowest BCUT2D eigenvalue weighted by atomic mass is 10.1. The SMILES string of the molecule is CCc1nccn1-c1ccccc1C(=O)Nc1ccc(C(=O)N2CCCN(CCN)c3ccccc32)cc1. The van der Waals surface area contributed by atoms with Gasteiger partial charge in [-0.2, -0.15) is 0 Å². The normalized spacial score (nSPS) is 13.1. The molecule has 3 aromatic carbocycles. The van der Waals surface area contributed by atoms with Gasteiger partial charge >= 0.3 is 0 Å². The second-order valence-electron chi connectivity index (χ2n) is 9.19. The maximum absolute atomic E-state index is 13.6. The van der Waals surface area contributed by atoms with Gasteiger partial charge in [-0.15, -0.1) is 0 Å². The molecule has 8 heteroatoms. The molecule has 194 valence electrons. The number of amides is 2. The average Bonchev–Trinajstić information content (AvgIpc) is 3.36. The number of hydrogen-bond donors (Lipinski definition) is 2. The van der Waals surface area contributed by atoms with Crippen LogP contribution < -0.4 is 20.9 Å². The van der Waals surface area contributed by atoms with Gasteiger partial charge in [0.1, 0.15) is 5.82 Å². The number of carbonyl (C=O) groups is 2. The number of hydrogen-bond acceptors (Lipinski definition) is 5. The lowest BCUT2D eigenvalue weighted by Gasteiger charge is -2.26. The van der Waals surface area contributed by atoms with Crippen molar-refractivity contribution in [3.8, 4) is 5.69 Å². The van der Waals surface area contributed by atoms with Crippen LogP contribution in [0.4, 0.5) is 17.1 Å². The van der Waals surface area contributed by atoms with E-state index in [9.17, 15) is 9.59 Å². The highest BCUT2D eigenvalue weighted by atomic mass is 16.2. The maximum atomic E-state index is 13.6. The fourth-order valence-corrected chi connectivity index (χ4v) is 4.96. The van der Waals surface area contributed by atoms with Crippen molar-refractivity contribution < 1.29 is 9.59 Å². The first-order chi connectivity index (χ1) is 18.6. The van der Waals surface area contributed by atoms with Gasteiger partial charge in [0.2, 0.25) is 0 Å². The molecule has 0 radical (unpaired) electrons. The second kappa shape index (κ2) is 11.3. The molecule has 0 bridgehead atoms. The Morgan fingerprint density at radius 3 is 2.37 bits per heavy atom. The number of anilines is 3. The molecule has 2 heterocycles. The lowest BCUT2D eigenvalue weighted by molar-refractivity contribution is 0.0986. The zero-order chi connectivity index (χ0) is 26.5. The van der Waals surface area contributed by atoms with E-state index in [1.54, 1.807) is 36.5 Å². The lowest BCUT2D eigenvalue weighted by Crippen LogP contribution is -2.31. The molecule has 3 N–H and O–H groups in total. The summed E-state index contributed by atoms with van der Waals surface area (Å²) in [4.78, 5) is 35.2. The molecule has 0 atom stereocenters. The molecular weight excluding hydrogens is 476 g/mol. The van der Waals surface area contributed by atoms with E-state index in [1.165, 1.54) is 0 Å². The Bertz CT molecular complexity index is 1430. The summed E-state index contributed by atoms with van der Waals surface area (Å²) < 4.78 is 1.93. The minimum atomic E-state index is -0.225. The van der Waals surface area contributed by atoms with E-state index in [1.807, 2.05) is 65.1 Å². The Balaban J connectivity index is 1.34. The summed E-state index contributed by atoms with van der Waals surface area (Å²) in [5.74, 6) is 0.591. The first-order valence-electron chi connectivity index (χ1n) is 13.0. The number of benzene rings is 3. The zero-order valence-corrected chi connectivity index (χ0v) is 21.5. The van der Waals surface area contributed by atoms with E-state index in [0.29, 0.717) is 29.9 Å². The maximum Gasteiger partial charge on any atom is 0.258 e. The Kier molecular flexibility index (Phi) is 7.51. The predicted octanol–water partition coefficient (Wildman–Crippen LogP) is 4.50. The van der Waals surface area contributed by atoms with Crippen molar-refractivity contribution >= 4 is 28.9 Å². The number of nitrogens with zero attached hydrogens (tertiary/aromatic N) is 4. The van der Waals surface area contributed by atoms with Crippen LogP contribution in [0.3, 0.4) is 0 Å². The van der Waals surface area contributed by atoms with Gasteiger partial charge < -0.3 is 25.4 Å². The van der Waals surface area contributed by atoms with E-state index in [2.05, 4.69) is 15.2 Å². The van der Waals surface area contributed by atoms with Gasteiger partial charge in [-0.3, -0.25) is 9.59 Å². The Labute approximate surface area is 222 Å². The monoisotopic (exact) mass is 508 g/mol. The van der Waals surface area contributed by atoms with Gasteiger partial charge in [0.15, 0.2) is 0 Å². The molecule has 38 heavy (non-hydrogen) atoms. The van der Waals surface area contributed by atoms with E-state index in [0.717, 1.165) is 48.8 Å². The minimum absolute atomic E-state index is 0.0672. The average molecular weight is 509 g/mol. The number of imidazole rings is 1. The van der Waals surface area contributed by atoms with Crippen molar-refractivity contribution in [1.29, 1.82) is 0 Å². The third kappa shape index (κ3) is 5.03. The Morgan fingerprint density at radius 1 is 0.921 bits per heavy atom. The molecule has 0 saturated heterocycles. The summed E-state index contributed by atoms with van der Waals surface area (Å²) >= 11 is 0. The van der Waals surface area contributed by atoms with Gasteiger partial charge in [-0.05, 0) is 55.0 Å². The third-order valence-corrected chi connectivity index (χ3v) is 6.80. The molecule has 1 aliphatic rings. The second-order valence-corrected chi connectivity index (χ2v) is 9.19. The molecule has 8 nitrogen and oxygen atoms in total. The number of nitrogens with one attached hydrogen (secondary N) is 1. The first kappa shape index (κ1) is 25.2. The van der Waals surface area contributed by atoms with Crippen molar-refractivity contribution in [2.75, 3.05) is 41.3 Å². The summed E-state index contributed by atoms with van der Waals surface area (Å²) in [5.41, 5.74) is 10.2. The topological polar surface area (TPSA) is 96.5 Å². The fourth-order valence-electron chi connectivity index (χ4n) is 4.96. The van der Waals surface area contributed by atoms with Crippen LogP contribution in [-0.2, 0) is 6.42 Å². The van der Waals surface area contributed by atoms with Gasteiger partial charge in [-0.1, -0.05) is 31.2 Å². The minimum Gasteiger partial charge on any atom is -0.369 e. The summed E-state index contributed by atoms with van der Waals surface area (Å²) in [5, 5.41) is 2.97. The molecule has 0 saturated carbocycles. The van der Waals surface area contributed by atoms with E-state index >= 15 is 0 Å². The Hall–Kier alpha value is -4.43. The molecular formula is C30H32N6O2. The molecule has 0 spiro atoms. The van der Waals surface area contributed by atoms with Crippen molar-refractivity contribution in [3.05, 3.63) is 102 Å². The molecule has 1 aliphatic heterocycles. The fraction of sp³-hybridized carbons (Fsp3) is 0.233. The van der Waals surface area contributed by atoms with E-state index in [4.69, 9.17) is 5.73 Å². The summed E-state index contributed by atoms with van der Waals surface area (Å²) in [6.45, 7) is 4.81. The number of aryl methyl sites for hydroxylation is 1. The number of rotatable bonds is 7. The molecule has 0 aliphatic carbocycles. The van der Waals surface area contributed by atoms with E-state index in [-0.39, 0.29) is 11.8 Å². The number of aromatic nitrogens is 2. The van der Waals surface area contributed by atoms with Crippen LogP contribution in [0.5, 0.6) is 0 Å². The van der Waals surface area contributed by atoms with Crippen molar-refractivity contribution in [2.24, 2.45) is 5.73 Å². The van der Waals surface area contributed by atoms with E-state index < -0.39 is 0 Å².